The average molecular weight is 313 g/mol. The van der Waals surface area contributed by atoms with Crippen LogP contribution in [0, 0.1) is 0 Å². The van der Waals surface area contributed by atoms with E-state index >= 15 is 0 Å². The molecule has 3 nitrogen and oxygen atoms in total. The highest BCUT2D eigenvalue weighted by molar-refractivity contribution is 6.36. The molecule has 2 aromatic carbocycles. The molecular weight excluding hydrogens is 299 g/mol. The summed E-state index contributed by atoms with van der Waals surface area (Å²) in [4.78, 5) is 0. The van der Waals surface area contributed by atoms with Gasteiger partial charge in [0.05, 0.1) is 26.4 Å². The Balaban J connectivity index is 2.68. The second-order valence-electron chi connectivity index (χ2n) is 4.01. The minimum Gasteiger partial charge on any atom is -0.493 e. The normalized spacial score (nSPS) is 10.2. The molecule has 0 bridgehead atoms. The highest BCUT2D eigenvalue weighted by Gasteiger charge is 2.18. The van der Waals surface area contributed by atoms with Gasteiger partial charge in [-0.2, -0.15) is 0 Å². The van der Waals surface area contributed by atoms with Crippen molar-refractivity contribution in [2.45, 2.75) is 0 Å². The number of ether oxygens (including phenoxy) is 3. The van der Waals surface area contributed by atoms with Crippen molar-refractivity contribution in [2.24, 2.45) is 0 Å². The fraction of sp³-hybridized carbons (Fsp3) is 0.200. The first-order valence-electron chi connectivity index (χ1n) is 5.86. The van der Waals surface area contributed by atoms with E-state index in [0.29, 0.717) is 27.3 Å². The second-order valence-corrected chi connectivity index (χ2v) is 4.85. The third-order valence-electron chi connectivity index (χ3n) is 2.93. The van der Waals surface area contributed by atoms with Gasteiger partial charge >= 0.3 is 0 Å². The lowest BCUT2D eigenvalue weighted by Gasteiger charge is -2.16. The van der Waals surface area contributed by atoms with Gasteiger partial charge in [-0.1, -0.05) is 29.3 Å². The van der Waals surface area contributed by atoms with Crippen LogP contribution in [0.15, 0.2) is 30.3 Å². The highest BCUT2D eigenvalue weighted by Crippen LogP contribution is 2.46. The minimum absolute atomic E-state index is 0.526. The van der Waals surface area contributed by atoms with Crippen LogP contribution in [-0.2, 0) is 0 Å². The van der Waals surface area contributed by atoms with Gasteiger partial charge in [0.15, 0.2) is 11.5 Å². The molecule has 0 radical (unpaired) electrons. The number of halogens is 2. The fourth-order valence-corrected chi connectivity index (χ4v) is 2.53. The summed E-state index contributed by atoms with van der Waals surface area (Å²) in [6.45, 7) is 0. The Hall–Kier alpha value is -1.58. The van der Waals surface area contributed by atoms with Gasteiger partial charge in [-0.3, -0.25) is 0 Å². The Labute approximate surface area is 128 Å². The molecule has 2 aromatic rings. The summed E-state index contributed by atoms with van der Waals surface area (Å²) in [5.41, 5.74) is 1.63. The summed E-state index contributed by atoms with van der Waals surface area (Å²) in [5, 5.41) is 1.13. The van der Waals surface area contributed by atoms with Crippen LogP contribution < -0.4 is 14.2 Å². The van der Waals surface area contributed by atoms with Crippen molar-refractivity contribution >= 4 is 23.2 Å². The Morgan fingerprint density at radius 2 is 1.40 bits per heavy atom. The number of methoxy groups -OCH3 is 3. The third-order valence-corrected chi connectivity index (χ3v) is 3.47. The molecule has 0 aliphatic heterocycles. The molecule has 0 aliphatic carbocycles. The first-order valence-corrected chi connectivity index (χ1v) is 6.62. The summed E-state index contributed by atoms with van der Waals surface area (Å²) in [6, 6.07) is 8.98. The summed E-state index contributed by atoms with van der Waals surface area (Å²) in [6.07, 6.45) is 0. The maximum Gasteiger partial charge on any atom is 0.203 e. The molecule has 0 saturated carbocycles. The van der Waals surface area contributed by atoms with Crippen LogP contribution in [0.5, 0.6) is 17.2 Å². The Bertz CT molecular complexity index is 627. The minimum atomic E-state index is 0.526. The van der Waals surface area contributed by atoms with E-state index in [1.165, 1.54) is 0 Å². The van der Waals surface area contributed by atoms with Crippen molar-refractivity contribution in [3.63, 3.8) is 0 Å². The Morgan fingerprint density at radius 3 is 1.95 bits per heavy atom. The lowest BCUT2D eigenvalue weighted by molar-refractivity contribution is 0.325. The van der Waals surface area contributed by atoms with Crippen LogP contribution >= 0.6 is 23.2 Å². The zero-order valence-electron chi connectivity index (χ0n) is 11.4. The van der Waals surface area contributed by atoms with E-state index in [-0.39, 0.29) is 0 Å². The Kier molecular flexibility index (Phi) is 4.63. The first-order chi connectivity index (χ1) is 9.62. The molecule has 2 rings (SSSR count). The summed E-state index contributed by atoms with van der Waals surface area (Å²) < 4.78 is 16.1. The predicted octanol–water partition coefficient (Wildman–Crippen LogP) is 4.69. The molecule has 5 heteroatoms. The SMILES string of the molecule is COc1ccc(-c2ccc(Cl)cc2Cl)c(OC)c1OC. The molecule has 0 spiro atoms. The highest BCUT2D eigenvalue weighted by atomic mass is 35.5. The van der Waals surface area contributed by atoms with E-state index in [2.05, 4.69) is 0 Å². The van der Waals surface area contributed by atoms with Crippen LogP contribution in [0.4, 0.5) is 0 Å². The topological polar surface area (TPSA) is 27.7 Å². The molecule has 0 heterocycles. The fourth-order valence-electron chi connectivity index (χ4n) is 2.02. The largest absolute Gasteiger partial charge is 0.493 e. The van der Waals surface area contributed by atoms with Crippen molar-refractivity contribution in [1.29, 1.82) is 0 Å². The molecule has 20 heavy (non-hydrogen) atoms. The smallest absolute Gasteiger partial charge is 0.203 e. The maximum absolute atomic E-state index is 6.25. The lowest BCUT2D eigenvalue weighted by atomic mass is 10.0. The molecular formula is C15H14Cl2O3. The number of rotatable bonds is 4. The molecule has 0 amide bonds. The predicted molar refractivity (Wildman–Crippen MR) is 81.6 cm³/mol. The molecule has 0 fully saturated rings. The summed E-state index contributed by atoms with van der Waals surface area (Å²) in [7, 11) is 4.71. The van der Waals surface area contributed by atoms with Gasteiger partial charge in [-0.25, -0.2) is 0 Å². The van der Waals surface area contributed by atoms with Crippen molar-refractivity contribution in [1.82, 2.24) is 0 Å². The van der Waals surface area contributed by atoms with E-state index in [4.69, 9.17) is 37.4 Å². The summed E-state index contributed by atoms with van der Waals surface area (Å²) >= 11 is 12.2. The van der Waals surface area contributed by atoms with Crippen LogP contribution in [0.25, 0.3) is 11.1 Å². The van der Waals surface area contributed by atoms with Gasteiger partial charge in [0.1, 0.15) is 0 Å². The number of hydrogen-bond donors (Lipinski definition) is 0. The lowest BCUT2D eigenvalue weighted by Crippen LogP contribution is -1.97. The van der Waals surface area contributed by atoms with E-state index in [1.54, 1.807) is 33.5 Å². The van der Waals surface area contributed by atoms with Gasteiger partial charge in [0.25, 0.3) is 0 Å². The van der Waals surface area contributed by atoms with Crippen LogP contribution in [0.1, 0.15) is 0 Å². The molecule has 0 aliphatic rings. The van der Waals surface area contributed by atoms with Crippen LogP contribution in [-0.4, -0.2) is 21.3 Å². The number of benzene rings is 2. The maximum atomic E-state index is 6.25. The van der Waals surface area contributed by atoms with Crippen LogP contribution in [0.2, 0.25) is 10.0 Å². The van der Waals surface area contributed by atoms with E-state index < -0.39 is 0 Å². The van der Waals surface area contributed by atoms with Gasteiger partial charge in [0, 0.05) is 16.1 Å². The monoisotopic (exact) mass is 312 g/mol. The van der Waals surface area contributed by atoms with E-state index in [1.807, 2.05) is 18.2 Å². The standard InChI is InChI=1S/C15H14Cl2O3/c1-18-13-7-6-11(14(19-2)15(13)20-3)10-5-4-9(16)8-12(10)17/h4-8H,1-3H3. The zero-order valence-corrected chi connectivity index (χ0v) is 12.9. The molecule has 0 aromatic heterocycles. The third kappa shape index (κ3) is 2.65. The first kappa shape index (κ1) is 14.8. The summed E-state index contributed by atoms with van der Waals surface area (Å²) in [5.74, 6) is 1.69. The van der Waals surface area contributed by atoms with E-state index in [0.717, 1.165) is 11.1 Å². The van der Waals surface area contributed by atoms with Crippen molar-refractivity contribution < 1.29 is 14.2 Å². The second kappa shape index (κ2) is 6.25. The quantitative estimate of drug-likeness (QED) is 0.820. The van der Waals surface area contributed by atoms with Crippen molar-refractivity contribution in [2.75, 3.05) is 21.3 Å². The average Bonchev–Trinajstić information content (AvgIpc) is 2.45. The Morgan fingerprint density at radius 1 is 0.750 bits per heavy atom. The molecule has 0 saturated heterocycles. The van der Waals surface area contributed by atoms with Crippen LogP contribution in [0.3, 0.4) is 0 Å². The van der Waals surface area contributed by atoms with Gasteiger partial charge < -0.3 is 14.2 Å². The van der Waals surface area contributed by atoms with Crippen molar-refractivity contribution in [3.8, 4) is 28.4 Å². The van der Waals surface area contributed by atoms with Crippen molar-refractivity contribution in [3.05, 3.63) is 40.4 Å². The van der Waals surface area contributed by atoms with Gasteiger partial charge in [-0.05, 0) is 24.3 Å². The molecule has 0 unspecified atom stereocenters. The zero-order chi connectivity index (χ0) is 14.7. The molecule has 106 valence electrons. The molecule has 0 atom stereocenters. The molecule has 0 N–H and O–H groups in total. The van der Waals surface area contributed by atoms with Gasteiger partial charge in [0.2, 0.25) is 5.75 Å². The van der Waals surface area contributed by atoms with E-state index in [9.17, 15) is 0 Å². The van der Waals surface area contributed by atoms with Gasteiger partial charge in [-0.15, -0.1) is 0 Å². The number of hydrogen-bond acceptors (Lipinski definition) is 3.